The average Bonchev–Trinajstić information content (AvgIpc) is 3.32. The number of carbonyl (C=O) groups excluding carboxylic acids is 1. The van der Waals surface area contributed by atoms with E-state index in [0.29, 0.717) is 18.2 Å². The largest absolute Gasteiger partial charge is 0.488 e. The van der Waals surface area contributed by atoms with Crippen LogP contribution in [-0.2, 0) is 4.74 Å². The highest BCUT2D eigenvalue weighted by molar-refractivity contribution is 6.05. The summed E-state index contributed by atoms with van der Waals surface area (Å²) in [6.45, 7) is 4.67. The number of aromatic amines is 1. The number of rotatable bonds is 4. The molecule has 0 radical (unpaired) electrons. The zero-order chi connectivity index (χ0) is 17.5. The van der Waals surface area contributed by atoms with Gasteiger partial charge >= 0.3 is 0 Å². The molecule has 4 aliphatic rings. The Morgan fingerprint density at radius 2 is 2.19 bits per heavy atom. The van der Waals surface area contributed by atoms with Crippen LogP contribution in [0, 0.1) is 5.92 Å². The van der Waals surface area contributed by atoms with Crippen molar-refractivity contribution in [3.05, 3.63) is 23.9 Å². The van der Waals surface area contributed by atoms with E-state index in [2.05, 4.69) is 20.4 Å². The third kappa shape index (κ3) is 2.95. The number of H-pyrrole nitrogens is 1. The Morgan fingerprint density at radius 3 is 2.92 bits per heavy atom. The number of aromatic nitrogens is 2. The molecule has 1 aromatic heterocycles. The molecule has 4 saturated heterocycles. The molecule has 0 saturated carbocycles. The van der Waals surface area contributed by atoms with Crippen molar-refractivity contribution in [3.8, 4) is 5.75 Å². The van der Waals surface area contributed by atoms with Crippen molar-refractivity contribution in [1.29, 1.82) is 0 Å². The fourth-order valence-corrected chi connectivity index (χ4v) is 4.41. The number of fused-ring (bicyclic) bond motifs is 4. The number of carbonyl (C=O) groups is 1. The number of benzene rings is 1. The molecule has 138 valence electrons. The Balaban J connectivity index is 1.31. The minimum absolute atomic E-state index is 0.0899. The van der Waals surface area contributed by atoms with Gasteiger partial charge in [-0.15, -0.1) is 0 Å². The van der Waals surface area contributed by atoms with Gasteiger partial charge in [-0.3, -0.25) is 9.89 Å². The van der Waals surface area contributed by atoms with Crippen molar-refractivity contribution >= 4 is 16.8 Å². The Hall–Kier alpha value is -2.12. The first-order chi connectivity index (χ1) is 12.8. The first kappa shape index (κ1) is 16.1. The summed E-state index contributed by atoms with van der Waals surface area (Å²) in [4.78, 5) is 15.2. The molecule has 4 fully saturated rings. The SMILES string of the molecule is O=C(N[C@@H]1CN2CCC1CC2)c1n[nH]c2cc(OC3CCOC3)ccc12. The van der Waals surface area contributed by atoms with Gasteiger partial charge in [-0.05, 0) is 44.0 Å². The standard InChI is InChI=1S/C19H24N4O3/c24-19(20-17-10-23-6-3-12(17)4-7-23)18-15-2-1-13(9-16(15)21-22-18)26-14-5-8-25-11-14/h1-2,9,12,14,17H,3-8,10-11H2,(H,20,24)(H,21,22)/t14?,17-/m1/s1. The summed E-state index contributed by atoms with van der Waals surface area (Å²) in [6.07, 6.45) is 3.37. The highest BCUT2D eigenvalue weighted by atomic mass is 16.5. The van der Waals surface area contributed by atoms with E-state index < -0.39 is 0 Å². The van der Waals surface area contributed by atoms with Gasteiger partial charge in [0.05, 0.1) is 18.7 Å². The van der Waals surface area contributed by atoms with Crippen molar-refractivity contribution in [3.63, 3.8) is 0 Å². The van der Waals surface area contributed by atoms with Gasteiger partial charge < -0.3 is 19.7 Å². The van der Waals surface area contributed by atoms with Crippen LogP contribution < -0.4 is 10.1 Å². The number of piperidine rings is 3. The number of nitrogens with one attached hydrogen (secondary N) is 2. The van der Waals surface area contributed by atoms with Gasteiger partial charge in [0.25, 0.3) is 5.91 Å². The molecule has 0 aliphatic carbocycles. The zero-order valence-corrected chi connectivity index (χ0v) is 14.7. The number of nitrogens with zero attached hydrogens (tertiary/aromatic N) is 2. The van der Waals surface area contributed by atoms with Gasteiger partial charge in [-0.1, -0.05) is 0 Å². The molecule has 1 unspecified atom stereocenters. The monoisotopic (exact) mass is 356 g/mol. The van der Waals surface area contributed by atoms with Crippen LogP contribution in [0.2, 0.25) is 0 Å². The summed E-state index contributed by atoms with van der Waals surface area (Å²) in [7, 11) is 0. The van der Waals surface area contributed by atoms with Crippen molar-refractivity contribution in [2.75, 3.05) is 32.8 Å². The quantitative estimate of drug-likeness (QED) is 0.869. The molecule has 1 aromatic carbocycles. The smallest absolute Gasteiger partial charge is 0.272 e. The molecule has 4 aliphatic heterocycles. The van der Waals surface area contributed by atoms with Gasteiger partial charge in [-0.2, -0.15) is 5.10 Å². The Kier molecular flexibility index (Phi) is 4.05. The molecule has 2 aromatic rings. The van der Waals surface area contributed by atoms with E-state index in [9.17, 15) is 4.79 Å². The Labute approximate surface area is 152 Å². The molecule has 26 heavy (non-hydrogen) atoms. The number of hydrogen-bond acceptors (Lipinski definition) is 5. The first-order valence-electron chi connectivity index (χ1n) is 9.52. The molecular weight excluding hydrogens is 332 g/mol. The van der Waals surface area contributed by atoms with Gasteiger partial charge in [0.2, 0.25) is 0 Å². The summed E-state index contributed by atoms with van der Waals surface area (Å²) in [5, 5.41) is 11.3. The molecule has 0 spiro atoms. The fourth-order valence-electron chi connectivity index (χ4n) is 4.41. The van der Waals surface area contributed by atoms with Crippen LogP contribution >= 0.6 is 0 Å². The van der Waals surface area contributed by atoms with Gasteiger partial charge in [0, 0.05) is 30.5 Å². The number of amides is 1. The summed E-state index contributed by atoms with van der Waals surface area (Å²) >= 11 is 0. The van der Waals surface area contributed by atoms with E-state index in [1.54, 1.807) is 0 Å². The van der Waals surface area contributed by atoms with E-state index in [1.807, 2.05) is 18.2 Å². The van der Waals surface area contributed by atoms with E-state index in [1.165, 1.54) is 12.8 Å². The topological polar surface area (TPSA) is 79.5 Å². The number of ether oxygens (including phenoxy) is 2. The van der Waals surface area contributed by atoms with Gasteiger partial charge in [-0.25, -0.2) is 0 Å². The lowest BCUT2D eigenvalue weighted by Crippen LogP contribution is -2.57. The van der Waals surface area contributed by atoms with Crippen LogP contribution in [0.1, 0.15) is 29.8 Å². The van der Waals surface area contributed by atoms with Crippen molar-refractivity contribution in [2.24, 2.45) is 5.92 Å². The Morgan fingerprint density at radius 1 is 1.31 bits per heavy atom. The van der Waals surface area contributed by atoms with Crippen molar-refractivity contribution in [1.82, 2.24) is 20.4 Å². The highest BCUT2D eigenvalue weighted by Gasteiger charge is 2.35. The second-order valence-electron chi connectivity index (χ2n) is 7.60. The maximum absolute atomic E-state index is 12.8. The summed E-state index contributed by atoms with van der Waals surface area (Å²) in [6, 6.07) is 5.96. The van der Waals surface area contributed by atoms with E-state index in [0.717, 1.165) is 49.3 Å². The second kappa shape index (κ2) is 6.55. The second-order valence-corrected chi connectivity index (χ2v) is 7.60. The fraction of sp³-hybridized carbons (Fsp3) is 0.579. The highest BCUT2D eigenvalue weighted by Crippen LogP contribution is 2.28. The summed E-state index contributed by atoms with van der Waals surface area (Å²) < 4.78 is 11.3. The molecule has 2 atom stereocenters. The molecule has 7 heteroatoms. The minimum Gasteiger partial charge on any atom is -0.488 e. The third-order valence-corrected chi connectivity index (χ3v) is 5.91. The van der Waals surface area contributed by atoms with E-state index in [-0.39, 0.29) is 18.1 Å². The van der Waals surface area contributed by atoms with Crippen molar-refractivity contribution in [2.45, 2.75) is 31.4 Å². The lowest BCUT2D eigenvalue weighted by molar-refractivity contribution is 0.0618. The summed E-state index contributed by atoms with van der Waals surface area (Å²) in [5.41, 5.74) is 1.28. The Bertz CT molecular complexity index is 806. The van der Waals surface area contributed by atoms with Gasteiger partial charge in [0.1, 0.15) is 11.9 Å². The first-order valence-corrected chi connectivity index (χ1v) is 9.52. The average molecular weight is 356 g/mol. The van der Waals surface area contributed by atoms with E-state index in [4.69, 9.17) is 9.47 Å². The van der Waals surface area contributed by atoms with Crippen LogP contribution in [-0.4, -0.2) is 66.0 Å². The molecule has 2 N–H and O–H groups in total. The van der Waals surface area contributed by atoms with Gasteiger partial charge in [0.15, 0.2) is 5.69 Å². The zero-order valence-electron chi connectivity index (χ0n) is 14.7. The number of hydrogen-bond donors (Lipinski definition) is 2. The maximum atomic E-state index is 12.8. The van der Waals surface area contributed by atoms with Crippen LogP contribution in [0.4, 0.5) is 0 Å². The van der Waals surface area contributed by atoms with Crippen LogP contribution in [0.15, 0.2) is 18.2 Å². The van der Waals surface area contributed by atoms with Crippen LogP contribution in [0.25, 0.3) is 10.9 Å². The summed E-state index contributed by atoms with van der Waals surface area (Å²) in [5.74, 6) is 1.29. The predicted octanol–water partition coefficient (Wildman–Crippen LogP) is 1.55. The lowest BCUT2D eigenvalue weighted by Gasteiger charge is -2.44. The van der Waals surface area contributed by atoms with E-state index >= 15 is 0 Å². The predicted molar refractivity (Wildman–Crippen MR) is 96.4 cm³/mol. The molecular formula is C19H24N4O3. The van der Waals surface area contributed by atoms with Crippen LogP contribution in [0.3, 0.4) is 0 Å². The minimum atomic E-state index is -0.0899. The van der Waals surface area contributed by atoms with Crippen LogP contribution in [0.5, 0.6) is 5.75 Å². The third-order valence-electron chi connectivity index (χ3n) is 5.91. The molecule has 5 heterocycles. The molecule has 1 amide bonds. The molecule has 6 rings (SSSR count). The molecule has 2 bridgehead atoms. The normalized spacial score (nSPS) is 30.6. The molecule has 7 nitrogen and oxygen atoms in total. The lowest BCUT2D eigenvalue weighted by atomic mass is 9.84. The van der Waals surface area contributed by atoms with Crippen molar-refractivity contribution < 1.29 is 14.3 Å². The maximum Gasteiger partial charge on any atom is 0.272 e.